The van der Waals surface area contributed by atoms with Gasteiger partial charge in [0.1, 0.15) is 5.75 Å². The molecule has 5 heteroatoms. The van der Waals surface area contributed by atoms with Crippen LogP contribution in [0, 0.1) is 0 Å². The van der Waals surface area contributed by atoms with Crippen molar-refractivity contribution in [3.05, 3.63) is 64.1 Å². The molecular weight excluding hydrogens is 358 g/mol. The Morgan fingerprint density at radius 1 is 1.17 bits per heavy atom. The molecule has 0 saturated heterocycles. The van der Waals surface area contributed by atoms with Gasteiger partial charge in [0.15, 0.2) is 12.4 Å². The maximum absolute atomic E-state index is 12.0. The molecule has 0 aliphatic carbocycles. The summed E-state index contributed by atoms with van der Waals surface area (Å²) in [4.78, 5) is 23.6. The fourth-order valence-corrected chi connectivity index (χ4v) is 2.52. The zero-order valence-corrected chi connectivity index (χ0v) is 14.6. The SMILES string of the molecule is CC(=O)c1cc(Br)ccc1OCC(=O)N[C@H](C)c1ccccc1. The average Bonchev–Trinajstić information content (AvgIpc) is 2.54. The number of ether oxygens (including phenoxy) is 1. The second-order valence-corrected chi connectivity index (χ2v) is 6.10. The first-order valence-electron chi connectivity index (χ1n) is 7.25. The number of benzene rings is 2. The average molecular weight is 376 g/mol. The van der Waals surface area contributed by atoms with Gasteiger partial charge in [-0.2, -0.15) is 0 Å². The van der Waals surface area contributed by atoms with E-state index in [0.29, 0.717) is 11.3 Å². The molecule has 0 spiro atoms. The summed E-state index contributed by atoms with van der Waals surface area (Å²) in [5, 5.41) is 2.87. The van der Waals surface area contributed by atoms with E-state index in [1.807, 2.05) is 37.3 Å². The van der Waals surface area contributed by atoms with E-state index in [9.17, 15) is 9.59 Å². The number of halogens is 1. The maximum Gasteiger partial charge on any atom is 0.258 e. The highest BCUT2D eigenvalue weighted by Crippen LogP contribution is 2.23. The number of ketones is 1. The minimum atomic E-state index is -0.237. The monoisotopic (exact) mass is 375 g/mol. The third kappa shape index (κ3) is 4.93. The summed E-state index contributed by atoms with van der Waals surface area (Å²) >= 11 is 3.32. The van der Waals surface area contributed by atoms with Crippen LogP contribution in [0.25, 0.3) is 0 Å². The molecule has 2 aromatic carbocycles. The topological polar surface area (TPSA) is 55.4 Å². The molecule has 23 heavy (non-hydrogen) atoms. The summed E-state index contributed by atoms with van der Waals surface area (Å²) < 4.78 is 6.29. The van der Waals surface area contributed by atoms with Crippen LogP contribution in [-0.2, 0) is 4.79 Å². The van der Waals surface area contributed by atoms with E-state index < -0.39 is 0 Å². The Bertz CT molecular complexity index is 701. The Kier molecular flexibility index (Phi) is 5.93. The number of Topliss-reactive ketones (excluding diaryl/α,β-unsaturated/α-hetero) is 1. The lowest BCUT2D eigenvalue weighted by atomic mass is 10.1. The molecule has 1 atom stereocenters. The molecule has 0 aliphatic rings. The van der Waals surface area contributed by atoms with Gasteiger partial charge in [-0.1, -0.05) is 46.3 Å². The van der Waals surface area contributed by atoms with Gasteiger partial charge in [-0.3, -0.25) is 9.59 Å². The van der Waals surface area contributed by atoms with Gasteiger partial charge in [0.2, 0.25) is 0 Å². The van der Waals surface area contributed by atoms with Crippen LogP contribution >= 0.6 is 15.9 Å². The smallest absolute Gasteiger partial charge is 0.258 e. The normalized spacial score (nSPS) is 11.6. The van der Waals surface area contributed by atoms with Gasteiger partial charge in [0.25, 0.3) is 5.91 Å². The molecule has 0 aliphatic heterocycles. The van der Waals surface area contributed by atoms with Crippen molar-refractivity contribution in [3.63, 3.8) is 0 Å². The van der Waals surface area contributed by atoms with Gasteiger partial charge in [0.05, 0.1) is 11.6 Å². The number of rotatable bonds is 6. The van der Waals surface area contributed by atoms with Crippen molar-refractivity contribution in [1.29, 1.82) is 0 Å². The third-order valence-corrected chi connectivity index (χ3v) is 3.85. The first kappa shape index (κ1) is 17.2. The summed E-state index contributed by atoms with van der Waals surface area (Å²) in [6, 6.07) is 14.7. The zero-order chi connectivity index (χ0) is 16.8. The summed E-state index contributed by atoms with van der Waals surface area (Å²) in [5.41, 5.74) is 1.47. The van der Waals surface area contributed by atoms with Crippen LogP contribution in [0.1, 0.15) is 35.8 Å². The van der Waals surface area contributed by atoms with Crippen molar-refractivity contribution >= 4 is 27.6 Å². The van der Waals surface area contributed by atoms with Crippen LogP contribution in [0.2, 0.25) is 0 Å². The number of amides is 1. The van der Waals surface area contributed by atoms with Gasteiger partial charge >= 0.3 is 0 Å². The lowest BCUT2D eigenvalue weighted by Crippen LogP contribution is -2.31. The molecule has 2 rings (SSSR count). The Balaban J connectivity index is 1.96. The fourth-order valence-electron chi connectivity index (χ4n) is 2.15. The van der Waals surface area contributed by atoms with Crippen LogP contribution < -0.4 is 10.1 Å². The predicted molar refractivity (Wildman–Crippen MR) is 92.6 cm³/mol. The molecule has 0 bridgehead atoms. The fraction of sp³-hybridized carbons (Fsp3) is 0.222. The number of hydrogen-bond donors (Lipinski definition) is 1. The molecule has 0 saturated carbocycles. The first-order valence-corrected chi connectivity index (χ1v) is 8.04. The highest BCUT2D eigenvalue weighted by molar-refractivity contribution is 9.10. The number of carbonyl (C=O) groups excluding carboxylic acids is 2. The molecule has 0 unspecified atom stereocenters. The first-order chi connectivity index (χ1) is 11.0. The molecule has 0 radical (unpaired) electrons. The van der Waals surface area contributed by atoms with Crippen molar-refractivity contribution in [1.82, 2.24) is 5.32 Å². The lowest BCUT2D eigenvalue weighted by Gasteiger charge is -2.15. The minimum Gasteiger partial charge on any atom is -0.483 e. The molecule has 1 amide bonds. The summed E-state index contributed by atoms with van der Waals surface area (Å²) in [7, 11) is 0. The summed E-state index contributed by atoms with van der Waals surface area (Å²) in [6.45, 7) is 3.24. The summed E-state index contributed by atoms with van der Waals surface area (Å²) in [5.74, 6) is 0.0568. The van der Waals surface area contributed by atoms with E-state index in [2.05, 4.69) is 21.2 Å². The molecule has 0 fully saturated rings. The number of carbonyl (C=O) groups is 2. The Morgan fingerprint density at radius 3 is 2.52 bits per heavy atom. The van der Waals surface area contributed by atoms with Crippen molar-refractivity contribution < 1.29 is 14.3 Å². The molecule has 2 aromatic rings. The largest absolute Gasteiger partial charge is 0.483 e. The van der Waals surface area contributed by atoms with Crippen LogP contribution in [-0.4, -0.2) is 18.3 Å². The van der Waals surface area contributed by atoms with E-state index in [0.717, 1.165) is 10.0 Å². The van der Waals surface area contributed by atoms with Crippen LogP contribution in [0.5, 0.6) is 5.75 Å². The van der Waals surface area contributed by atoms with Gasteiger partial charge in [-0.05, 0) is 37.6 Å². The van der Waals surface area contributed by atoms with Crippen LogP contribution in [0.3, 0.4) is 0 Å². The highest BCUT2D eigenvalue weighted by atomic mass is 79.9. The second-order valence-electron chi connectivity index (χ2n) is 5.19. The highest BCUT2D eigenvalue weighted by Gasteiger charge is 2.13. The molecule has 1 N–H and O–H groups in total. The Morgan fingerprint density at radius 2 is 1.87 bits per heavy atom. The van der Waals surface area contributed by atoms with Gasteiger partial charge in [0, 0.05) is 4.47 Å². The molecule has 0 aromatic heterocycles. The zero-order valence-electron chi connectivity index (χ0n) is 13.0. The third-order valence-electron chi connectivity index (χ3n) is 3.36. The molecular formula is C18H18BrNO3. The van der Waals surface area contributed by atoms with E-state index >= 15 is 0 Å². The van der Waals surface area contributed by atoms with Gasteiger partial charge in [-0.25, -0.2) is 0 Å². The van der Waals surface area contributed by atoms with Crippen molar-refractivity contribution in [2.75, 3.05) is 6.61 Å². The Hall–Kier alpha value is -2.14. The van der Waals surface area contributed by atoms with Gasteiger partial charge < -0.3 is 10.1 Å². The standard InChI is InChI=1S/C18H18BrNO3/c1-12(14-6-4-3-5-7-14)20-18(22)11-23-17-9-8-15(19)10-16(17)13(2)21/h3-10,12H,11H2,1-2H3,(H,20,22)/t12-/m1/s1. The minimum absolute atomic E-state index is 0.107. The van der Waals surface area contributed by atoms with Crippen molar-refractivity contribution in [2.45, 2.75) is 19.9 Å². The van der Waals surface area contributed by atoms with E-state index in [1.165, 1.54) is 6.92 Å². The molecule has 120 valence electrons. The number of nitrogens with one attached hydrogen (secondary N) is 1. The predicted octanol–water partition coefficient (Wildman–Crippen LogP) is 3.91. The van der Waals surface area contributed by atoms with Crippen molar-refractivity contribution in [2.24, 2.45) is 0 Å². The van der Waals surface area contributed by atoms with E-state index in [1.54, 1.807) is 18.2 Å². The lowest BCUT2D eigenvalue weighted by molar-refractivity contribution is -0.123. The second kappa shape index (κ2) is 7.92. The Labute approximate surface area is 144 Å². The number of hydrogen-bond acceptors (Lipinski definition) is 3. The molecule has 0 heterocycles. The van der Waals surface area contributed by atoms with Crippen molar-refractivity contribution in [3.8, 4) is 5.75 Å². The maximum atomic E-state index is 12.0. The van der Waals surface area contributed by atoms with Crippen LogP contribution in [0.4, 0.5) is 0 Å². The quantitative estimate of drug-likeness (QED) is 0.778. The molecule has 4 nitrogen and oxygen atoms in total. The van der Waals surface area contributed by atoms with Gasteiger partial charge in [-0.15, -0.1) is 0 Å². The summed E-state index contributed by atoms with van der Waals surface area (Å²) in [6.07, 6.45) is 0. The van der Waals surface area contributed by atoms with E-state index in [4.69, 9.17) is 4.74 Å². The van der Waals surface area contributed by atoms with E-state index in [-0.39, 0.29) is 24.3 Å². The van der Waals surface area contributed by atoms with Crippen LogP contribution in [0.15, 0.2) is 53.0 Å².